The van der Waals surface area contributed by atoms with Crippen LogP contribution in [0.2, 0.25) is 0 Å². The Morgan fingerprint density at radius 1 is 1.18 bits per heavy atom. The second kappa shape index (κ2) is 12.5. The third kappa shape index (κ3) is 6.59. The molecule has 3 aromatic rings. The largest absolute Gasteiger partial charge is 0.484 e. The Labute approximate surface area is 235 Å². The maximum Gasteiger partial charge on any atom is 0.251 e. The van der Waals surface area contributed by atoms with Gasteiger partial charge >= 0.3 is 0 Å². The van der Waals surface area contributed by atoms with Crippen molar-refractivity contribution in [2.24, 2.45) is 7.05 Å². The minimum Gasteiger partial charge on any atom is -0.484 e. The van der Waals surface area contributed by atoms with Crippen LogP contribution in [-0.2, 0) is 18.4 Å². The third-order valence-electron chi connectivity index (χ3n) is 7.64. The zero-order valence-electron chi connectivity index (χ0n) is 23.9. The predicted octanol–water partition coefficient (Wildman–Crippen LogP) is 4.25. The molecule has 2 amide bonds. The molecular formula is C31H38FN5O3. The van der Waals surface area contributed by atoms with Gasteiger partial charge in [-0.1, -0.05) is 18.7 Å². The van der Waals surface area contributed by atoms with Crippen molar-refractivity contribution in [3.63, 3.8) is 0 Å². The first-order valence-electron chi connectivity index (χ1n) is 13.5. The Hall–Kier alpha value is -3.98. The molecular weight excluding hydrogens is 509 g/mol. The van der Waals surface area contributed by atoms with Crippen LogP contribution in [0.1, 0.15) is 51.5 Å². The molecule has 1 N–H and O–H groups in total. The van der Waals surface area contributed by atoms with Crippen LogP contribution in [-0.4, -0.2) is 63.6 Å². The number of benzene rings is 2. The number of hydrogen-bond donors (Lipinski definition) is 1. The van der Waals surface area contributed by atoms with Crippen LogP contribution in [0.25, 0.3) is 0 Å². The Kier molecular flexibility index (Phi) is 9.04. The average molecular weight is 548 g/mol. The third-order valence-corrected chi connectivity index (χ3v) is 7.64. The van der Waals surface area contributed by atoms with Crippen LogP contribution in [0, 0.1) is 26.6 Å². The fraction of sp³-hybridized carbons (Fsp3) is 0.387. The Morgan fingerprint density at radius 3 is 2.50 bits per heavy atom. The van der Waals surface area contributed by atoms with E-state index >= 15 is 0 Å². The van der Waals surface area contributed by atoms with Crippen molar-refractivity contribution in [2.45, 2.75) is 46.4 Å². The number of hydrogen-bond acceptors (Lipinski definition) is 5. The van der Waals surface area contributed by atoms with Crippen molar-refractivity contribution in [1.29, 1.82) is 0 Å². The quantitative estimate of drug-likeness (QED) is 0.405. The first kappa shape index (κ1) is 29.0. The van der Waals surface area contributed by atoms with Gasteiger partial charge in [-0.15, -0.1) is 0 Å². The topological polar surface area (TPSA) is 79.7 Å². The van der Waals surface area contributed by atoms with Crippen molar-refractivity contribution in [3.8, 4) is 5.75 Å². The second-order valence-electron chi connectivity index (χ2n) is 10.4. The van der Waals surface area contributed by atoms with Crippen LogP contribution in [0.5, 0.6) is 5.75 Å². The van der Waals surface area contributed by atoms with E-state index in [2.05, 4.69) is 21.9 Å². The van der Waals surface area contributed by atoms with Crippen LogP contribution in [0.3, 0.4) is 0 Å². The molecule has 1 aliphatic rings. The van der Waals surface area contributed by atoms with Gasteiger partial charge in [-0.05, 0) is 75.2 Å². The van der Waals surface area contributed by atoms with Crippen molar-refractivity contribution < 1.29 is 18.7 Å². The molecule has 1 aromatic heterocycles. The summed E-state index contributed by atoms with van der Waals surface area (Å²) in [6, 6.07) is 12.1. The molecule has 0 spiro atoms. The van der Waals surface area contributed by atoms with E-state index in [0.717, 1.165) is 22.5 Å². The molecule has 0 radical (unpaired) electrons. The molecule has 0 aliphatic carbocycles. The molecule has 8 nitrogen and oxygen atoms in total. The highest BCUT2D eigenvalue weighted by molar-refractivity contribution is 5.94. The standard InChI is InChI=1S/C31H38FN5O3/c1-7-30(38)37-15-14-36(18-21(37)3)19-29(25-9-8-20(2)28(32)16-25)40-26-12-10-24(11-13-26)31(39)33-17-27-22(4)34-35(6)23(27)5/h7-13,16,21,29H,1,14-15,17-19H2,2-6H3,(H,33,39)/t21-,29+/m1/s1. The number of rotatable bonds is 9. The van der Waals surface area contributed by atoms with E-state index < -0.39 is 6.10 Å². The lowest BCUT2D eigenvalue weighted by molar-refractivity contribution is -0.130. The summed E-state index contributed by atoms with van der Waals surface area (Å²) in [7, 11) is 1.88. The summed E-state index contributed by atoms with van der Waals surface area (Å²) in [5.41, 5.74) is 4.73. The number of halogens is 1. The molecule has 2 heterocycles. The minimum absolute atomic E-state index is 0.0201. The molecule has 1 saturated heterocycles. The molecule has 1 aliphatic heterocycles. The molecule has 0 unspecified atom stereocenters. The maximum atomic E-state index is 14.5. The molecule has 212 valence electrons. The van der Waals surface area contributed by atoms with E-state index in [4.69, 9.17) is 4.74 Å². The Bertz CT molecular complexity index is 1380. The summed E-state index contributed by atoms with van der Waals surface area (Å²) in [4.78, 5) is 29.0. The van der Waals surface area contributed by atoms with E-state index in [1.165, 1.54) is 12.1 Å². The fourth-order valence-corrected chi connectivity index (χ4v) is 5.09. The summed E-state index contributed by atoms with van der Waals surface area (Å²) in [6.45, 7) is 14.1. The van der Waals surface area contributed by atoms with Gasteiger partial charge in [-0.3, -0.25) is 19.2 Å². The molecule has 40 heavy (non-hydrogen) atoms. The van der Waals surface area contributed by atoms with Gasteiger partial charge in [0.2, 0.25) is 5.91 Å². The van der Waals surface area contributed by atoms with E-state index in [1.54, 1.807) is 41.9 Å². The van der Waals surface area contributed by atoms with Crippen LogP contribution in [0.4, 0.5) is 4.39 Å². The van der Waals surface area contributed by atoms with Crippen molar-refractivity contribution >= 4 is 11.8 Å². The van der Waals surface area contributed by atoms with Crippen LogP contribution in [0.15, 0.2) is 55.1 Å². The molecule has 0 saturated carbocycles. The smallest absolute Gasteiger partial charge is 0.251 e. The monoisotopic (exact) mass is 547 g/mol. The maximum absolute atomic E-state index is 14.5. The van der Waals surface area contributed by atoms with Crippen molar-refractivity contribution in [3.05, 3.63) is 94.6 Å². The van der Waals surface area contributed by atoms with E-state index in [0.29, 0.717) is 49.6 Å². The van der Waals surface area contributed by atoms with E-state index in [-0.39, 0.29) is 23.7 Å². The highest BCUT2D eigenvalue weighted by atomic mass is 19.1. The van der Waals surface area contributed by atoms with Gasteiger partial charge < -0.3 is 15.0 Å². The number of nitrogens with one attached hydrogen (secondary N) is 1. The zero-order valence-corrected chi connectivity index (χ0v) is 23.9. The lowest BCUT2D eigenvalue weighted by Gasteiger charge is -2.40. The zero-order chi connectivity index (χ0) is 29.0. The van der Waals surface area contributed by atoms with Gasteiger partial charge in [-0.25, -0.2) is 4.39 Å². The highest BCUT2D eigenvalue weighted by Gasteiger charge is 2.28. The van der Waals surface area contributed by atoms with Crippen LogP contribution < -0.4 is 10.1 Å². The minimum atomic E-state index is -0.444. The van der Waals surface area contributed by atoms with E-state index in [1.807, 2.05) is 38.8 Å². The summed E-state index contributed by atoms with van der Waals surface area (Å²) < 4.78 is 22.7. The SMILES string of the molecule is C=CC(=O)N1CCN(C[C@H](Oc2ccc(C(=O)NCc3c(C)nn(C)c3C)cc2)c2ccc(C)c(F)c2)C[C@H]1C. The first-order valence-corrected chi connectivity index (χ1v) is 13.5. The lowest BCUT2D eigenvalue weighted by atomic mass is 10.0. The molecule has 1 fully saturated rings. The number of nitrogens with zero attached hydrogens (tertiary/aromatic N) is 4. The highest BCUT2D eigenvalue weighted by Crippen LogP contribution is 2.26. The predicted molar refractivity (Wildman–Crippen MR) is 153 cm³/mol. The molecule has 0 bridgehead atoms. The van der Waals surface area contributed by atoms with Gasteiger partial charge in [0.05, 0.1) is 5.69 Å². The van der Waals surface area contributed by atoms with E-state index in [9.17, 15) is 14.0 Å². The van der Waals surface area contributed by atoms with Crippen molar-refractivity contribution in [1.82, 2.24) is 24.9 Å². The Morgan fingerprint density at radius 2 is 1.90 bits per heavy atom. The lowest BCUT2D eigenvalue weighted by Crippen LogP contribution is -2.54. The molecule has 2 atom stereocenters. The number of amides is 2. The number of piperazine rings is 1. The normalized spacial score (nSPS) is 16.4. The summed E-state index contributed by atoms with van der Waals surface area (Å²) in [5.74, 6) is 0.0321. The summed E-state index contributed by atoms with van der Waals surface area (Å²) >= 11 is 0. The van der Waals surface area contributed by atoms with Gasteiger partial charge in [0.15, 0.2) is 0 Å². The number of carbonyl (C=O) groups excluding carboxylic acids is 2. The number of carbonyl (C=O) groups is 2. The fourth-order valence-electron chi connectivity index (χ4n) is 5.09. The summed E-state index contributed by atoms with van der Waals surface area (Å²) in [6.07, 6.45) is 0.901. The summed E-state index contributed by atoms with van der Waals surface area (Å²) in [5, 5.41) is 7.36. The van der Waals surface area contributed by atoms with Gasteiger partial charge in [0.1, 0.15) is 17.7 Å². The van der Waals surface area contributed by atoms with Gasteiger partial charge in [0.25, 0.3) is 5.91 Å². The number of aryl methyl sites for hydroxylation is 3. The van der Waals surface area contributed by atoms with Crippen LogP contribution >= 0.6 is 0 Å². The molecule has 4 rings (SSSR count). The number of aromatic nitrogens is 2. The first-order chi connectivity index (χ1) is 19.1. The molecule has 2 aromatic carbocycles. The van der Waals surface area contributed by atoms with Crippen molar-refractivity contribution in [2.75, 3.05) is 26.2 Å². The average Bonchev–Trinajstić information content (AvgIpc) is 3.18. The number of ether oxygens (including phenoxy) is 1. The Balaban J connectivity index is 1.45. The van der Waals surface area contributed by atoms with Gasteiger partial charge in [-0.2, -0.15) is 5.10 Å². The van der Waals surface area contributed by atoms with Gasteiger partial charge in [0, 0.05) is 62.6 Å². The molecule has 9 heteroatoms. The second-order valence-corrected chi connectivity index (χ2v) is 10.4.